The molecule has 0 spiro atoms. The third-order valence-electron chi connectivity index (χ3n) is 5.19. The van der Waals surface area contributed by atoms with E-state index in [-0.39, 0.29) is 17.7 Å². The standard InChI is InChI=1S/C22H31N5O3/c1-6-26(15-17-8-7-13-27(17)21(29)30-22(2,3)4)20-24-18(14-19(28)25(20)5)16-9-11-23-12-10-16/h9-12,14,17H,6-8,13,15H2,1-5H3/t17-/m1/s1. The molecule has 2 aromatic heterocycles. The van der Waals surface area contributed by atoms with Crippen molar-refractivity contribution in [2.45, 2.75) is 52.2 Å². The van der Waals surface area contributed by atoms with Crippen molar-refractivity contribution < 1.29 is 9.53 Å². The lowest BCUT2D eigenvalue weighted by Gasteiger charge is -2.32. The normalized spacial score (nSPS) is 16.6. The topological polar surface area (TPSA) is 80.6 Å². The van der Waals surface area contributed by atoms with Gasteiger partial charge < -0.3 is 14.5 Å². The first-order valence-electron chi connectivity index (χ1n) is 10.4. The fourth-order valence-corrected chi connectivity index (χ4v) is 3.67. The third kappa shape index (κ3) is 4.98. The molecule has 162 valence electrons. The Morgan fingerprint density at radius 1 is 1.30 bits per heavy atom. The summed E-state index contributed by atoms with van der Waals surface area (Å²) in [5, 5.41) is 0. The molecule has 1 aliphatic heterocycles. The SMILES string of the molecule is CCN(C[C@H]1CCCN1C(=O)OC(C)(C)C)c1nc(-c2ccncc2)cc(=O)n1C. The number of likely N-dealkylation sites (tertiary alicyclic amines) is 1. The van der Waals surface area contributed by atoms with Crippen molar-refractivity contribution in [3.8, 4) is 11.3 Å². The molecule has 0 aromatic carbocycles. The minimum absolute atomic E-state index is 0.0151. The van der Waals surface area contributed by atoms with E-state index in [1.807, 2.05) is 39.8 Å². The van der Waals surface area contributed by atoms with Gasteiger partial charge >= 0.3 is 6.09 Å². The van der Waals surface area contributed by atoms with Crippen LogP contribution in [0.25, 0.3) is 11.3 Å². The lowest BCUT2D eigenvalue weighted by molar-refractivity contribution is 0.0231. The molecule has 1 amide bonds. The van der Waals surface area contributed by atoms with E-state index >= 15 is 0 Å². The van der Waals surface area contributed by atoms with Gasteiger partial charge in [-0.25, -0.2) is 9.78 Å². The maximum Gasteiger partial charge on any atom is 0.410 e. The summed E-state index contributed by atoms with van der Waals surface area (Å²) in [7, 11) is 1.73. The van der Waals surface area contributed by atoms with Gasteiger partial charge in [-0.3, -0.25) is 14.3 Å². The second-order valence-corrected chi connectivity index (χ2v) is 8.58. The second-order valence-electron chi connectivity index (χ2n) is 8.58. The molecule has 8 nitrogen and oxygen atoms in total. The number of anilines is 1. The largest absolute Gasteiger partial charge is 0.444 e. The van der Waals surface area contributed by atoms with Crippen molar-refractivity contribution >= 4 is 12.0 Å². The Balaban J connectivity index is 1.86. The number of amides is 1. The van der Waals surface area contributed by atoms with Crippen LogP contribution in [0.2, 0.25) is 0 Å². The molecule has 0 radical (unpaired) electrons. The van der Waals surface area contributed by atoms with E-state index in [4.69, 9.17) is 9.72 Å². The first-order chi connectivity index (χ1) is 14.2. The van der Waals surface area contributed by atoms with Gasteiger partial charge in [0.1, 0.15) is 5.60 Å². The molecule has 30 heavy (non-hydrogen) atoms. The lowest BCUT2D eigenvalue weighted by Crippen LogP contribution is -2.46. The number of nitrogens with zero attached hydrogens (tertiary/aromatic N) is 5. The van der Waals surface area contributed by atoms with Gasteiger partial charge in [-0.1, -0.05) is 0 Å². The first-order valence-corrected chi connectivity index (χ1v) is 10.4. The van der Waals surface area contributed by atoms with Gasteiger partial charge in [0.15, 0.2) is 0 Å². The fourth-order valence-electron chi connectivity index (χ4n) is 3.67. The van der Waals surface area contributed by atoms with Gasteiger partial charge in [-0.05, 0) is 52.7 Å². The average Bonchev–Trinajstić information content (AvgIpc) is 3.16. The van der Waals surface area contributed by atoms with Gasteiger partial charge in [0.05, 0.1) is 11.7 Å². The smallest absolute Gasteiger partial charge is 0.410 e. The van der Waals surface area contributed by atoms with Crippen LogP contribution >= 0.6 is 0 Å². The summed E-state index contributed by atoms with van der Waals surface area (Å²) in [5.74, 6) is 0.591. The maximum absolute atomic E-state index is 12.6. The van der Waals surface area contributed by atoms with Gasteiger partial charge in [0.25, 0.3) is 5.56 Å². The first kappa shape index (κ1) is 21.8. The maximum atomic E-state index is 12.6. The summed E-state index contributed by atoms with van der Waals surface area (Å²) >= 11 is 0. The summed E-state index contributed by atoms with van der Waals surface area (Å²) in [5.41, 5.74) is 0.806. The summed E-state index contributed by atoms with van der Waals surface area (Å²) in [6, 6.07) is 5.22. The number of aromatic nitrogens is 3. The van der Waals surface area contributed by atoms with E-state index in [1.165, 1.54) is 6.07 Å². The van der Waals surface area contributed by atoms with Crippen molar-refractivity contribution in [3.63, 3.8) is 0 Å². The van der Waals surface area contributed by atoms with Crippen molar-refractivity contribution in [3.05, 3.63) is 40.9 Å². The van der Waals surface area contributed by atoms with Crippen molar-refractivity contribution in [2.75, 3.05) is 24.5 Å². The zero-order valence-electron chi connectivity index (χ0n) is 18.5. The number of rotatable bonds is 5. The molecule has 3 heterocycles. The van der Waals surface area contributed by atoms with Gasteiger partial charge in [-0.15, -0.1) is 0 Å². The fraction of sp³-hybridized carbons (Fsp3) is 0.545. The lowest BCUT2D eigenvalue weighted by atomic mass is 10.2. The van der Waals surface area contributed by atoms with Crippen LogP contribution in [0.5, 0.6) is 0 Å². The molecule has 0 saturated carbocycles. The zero-order chi connectivity index (χ0) is 21.9. The van der Waals surface area contributed by atoms with Crippen LogP contribution in [0.3, 0.4) is 0 Å². The Bertz CT molecular complexity index is 936. The predicted molar refractivity (Wildman–Crippen MR) is 117 cm³/mol. The molecule has 0 bridgehead atoms. The molecule has 1 saturated heterocycles. The number of ether oxygens (including phenoxy) is 1. The van der Waals surface area contributed by atoms with Crippen molar-refractivity contribution in [1.29, 1.82) is 0 Å². The van der Waals surface area contributed by atoms with E-state index in [1.54, 1.807) is 28.9 Å². The van der Waals surface area contributed by atoms with E-state index in [0.717, 1.165) is 18.4 Å². The molecule has 1 atom stereocenters. The highest BCUT2D eigenvalue weighted by molar-refractivity contribution is 5.69. The van der Waals surface area contributed by atoms with Gasteiger partial charge in [-0.2, -0.15) is 0 Å². The monoisotopic (exact) mass is 413 g/mol. The number of carbonyl (C=O) groups excluding carboxylic acids is 1. The Morgan fingerprint density at radius 3 is 2.63 bits per heavy atom. The molecular weight excluding hydrogens is 382 g/mol. The molecule has 1 fully saturated rings. The quantitative estimate of drug-likeness (QED) is 0.749. The molecule has 2 aromatic rings. The Hall–Kier alpha value is -2.90. The predicted octanol–water partition coefficient (Wildman–Crippen LogP) is 3.07. The highest BCUT2D eigenvalue weighted by Gasteiger charge is 2.33. The van der Waals surface area contributed by atoms with E-state index in [0.29, 0.717) is 31.3 Å². The minimum atomic E-state index is -0.529. The van der Waals surface area contributed by atoms with Crippen LogP contribution in [0, 0.1) is 0 Å². The zero-order valence-corrected chi connectivity index (χ0v) is 18.5. The summed E-state index contributed by atoms with van der Waals surface area (Å²) < 4.78 is 7.14. The van der Waals surface area contributed by atoms with Crippen molar-refractivity contribution in [1.82, 2.24) is 19.4 Å². The molecule has 0 N–H and O–H groups in total. The van der Waals surface area contributed by atoms with Gasteiger partial charge in [0.2, 0.25) is 5.95 Å². The second kappa shape index (κ2) is 8.85. The van der Waals surface area contributed by atoms with Crippen LogP contribution < -0.4 is 10.5 Å². The number of pyridine rings is 1. The Labute approximate surface area is 177 Å². The molecule has 0 aliphatic carbocycles. The Kier molecular flexibility index (Phi) is 6.43. The summed E-state index contributed by atoms with van der Waals surface area (Å²) in [4.78, 5) is 37.9. The van der Waals surface area contributed by atoms with E-state index in [9.17, 15) is 9.59 Å². The molecule has 1 aliphatic rings. The summed E-state index contributed by atoms with van der Waals surface area (Å²) in [6.07, 6.45) is 4.92. The van der Waals surface area contributed by atoms with Crippen LogP contribution in [0.15, 0.2) is 35.4 Å². The number of hydrogen-bond donors (Lipinski definition) is 0. The molecule has 3 rings (SSSR count). The van der Waals surface area contributed by atoms with Crippen molar-refractivity contribution in [2.24, 2.45) is 7.05 Å². The summed E-state index contributed by atoms with van der Waals surface area (Å²) in [6.45, 7) is 9.59. The number of carbonyl (C=O) groups is 1. The highest BCUT2D eigenvalue weighted by Crippen LogP contribution is 2.24. The van der Waals surface area contributed by atoms with Gasteiger partial charge in [0, 0.05) is 50.7 Å². The van der Waals surface area contributed by atoms with Crippen LogP contribution in [-0.4, -0.2) is 56.8 Å². The van der Waals surface area contributed by atoms with E-state index in [2.05, 4.69) is 9.88 Å². The Morgan fingerprint density at radius 2 is 2.00 bits per heavy atom. The molecule has 0 unspecified atom stereocenters. The van der Waals surface area contributed by atoms with Crippen LogP contribution in [0.4, 0.5) is 10.7 Å². The third-order valence-corrected chi connectivity index (χ3v) is 5.19. The highest BCUT2D eigenvalue weighted by atomic mass is 16.6. The van der Waals surface area contributed by atoms with Crippen LogP contribution in [0.1, 0.15) is 40.5 Å². The number of likely N-dealkylation sites (N-methyl/N-ethyl adjacent to an activating group) is 1. The van der Waals surface area contributed by atoms with E-state index < -0.39 is 5.60 Å². The molecular formula is C22H31N5O3. The number of hydrogen-bond acceptors (Lipinski definition) is 6. The minimum Gasteiger partial charge on any atom is -0.444 e. The van der Waals surface area contributed by atoms with Crippen LogP contribution in [-0.2, 0) is 11.8 Å². The molecule has 8 heteroatoms. The average molecular weight is 414 g/mol.